The number of piperidine rings is 1. The number of hydrogen-bond acceptors (Lipinski definition) is 7. The van der Waals surface area contributed by atoms with Crippen molar-refractivity contribution >= 4 is 5.97 Å². The van der Waals surface area contributed by atoms with Gasteiger partial charge in [0.2, 0.25) is 6.29 Å². The Balaban J connectivity index is 1.45. The molecule has 2 heterocycles. The Bertz CT molecular complexity index is 862. The van der Waals surface area contributed by atoms with Crippen molar-refractivity contribution in [2.24, 2.45) is 5.92 Å². The average Bonchev–Trinajstić information content (AvgIpc) is 2.76. The molecule has 0 aromatic heterocycles. The van der Waals surface area contributed by atoms with Crippen LogP contribution >= 0.6 is 0 Å². The van der Waals surface area contributed by atoms with E-state index in [1.165, 1.54) is 30.4 Å². The molecule has 170 valence electrons. The van der Waals surface area contributed by atoms with Crippen molar-refractivity contribution in [1.82, 2.24) is 4.90 Å². The minimum atomic E-state index is -1.73. The molecule has 0 spiro atoms. The molecule has 2 aliphatic heterocycles. The third-order valence-electron chi connectivity index (χ3n) is 8.15. The first kappa shape index (κ1) is 21.2. The minimum Gasteiger partial charge on any atom is -0.479 e. The van der Waals surface area contributed by atoms with E-state index in [2.05, 4.69) is 18.0 Å². The zero-order valence-corrected chi connectivity index (χ0v) is 17.7. The second-order valence-electron chi connectivity index (χ2n) is 9.68. The molecule has 2 aliphatic carbocycles. The van der Waals surface area contributed by atoms with Gasteiger partial charge in [0.05, 0.1) is 0 Å². The van der Waals surface area contributed by atoms with Crippen molar-refractivity contribution in [2.45, 2.75) is 80.7 Å². The molecule has 4 aliphatic rings. The number of carboxylic acids is 1. The molecular weight excluding hydrogens is 402 g/mol. The van der Waals surface area contributed by atoms with Crippen LogP contribution in [-0.4, -0.2) is 81.6 Å². The summed E-state index contributed by atoms with van der Waals surface area (Å²) in [6.45, 7) is 1.07. The molecule has 8 heteroatoms. The third kappa shape index (κ3) is 3.27. The van der Waals surface area contributed by atoms with E-state index in [-0.39, 0.29) is 5.41 Å². The van der Waals surface area contributed by atoms with E-state index in [1.54, 1.807) is 0 Å². The summed E-state index contributed by atoms with van der Waals surface area (Å²) in [6.07, 6.45) is -1.03. The summed E-state index contributed by atoms with van der Waals surface area (Å²) in [4.78, 5) is 13.9. The van der Waals surface area contributed by atoms with Gasteiger partial charge in [0, 0.05) is 11.5 Å². The molecule has 1 aromatic carbocycles. The summed E-state index contributed by atoms with van der Waals surface area (Å²) >= 11 is 0. The van der Waals surface area contributed by atoms with Gasteiger partial charge in [0.25, 0.3) is 0 Å². The van der Waals surface area contributed by atoms with Gasteiger partial charge in [0.15, 0.2) is 6.10 Å². The Morgan fingerprint density at radius 2 is 1.97 bits per heavy atom. The number of hydrogen-bond donors (Lipinski definition) is 4. The number of benzene rings is 1. The molecule has 31 heavy (non-hydrogen) atoms. The quantitative estimate of drug-likeness (QED) is 0.549. The Morgan fingerprint density at radius 3 is 2.74 bits per heavy atom. The number of fused-ring (bicyclic) bond motifs is 1. The van der Waals surface area contributed by atoms with E-state index < -0.39 is 36.7 Å². The number of nitrogens with zero attached hydrogens (tertiary/aromatic N) is 1. The summed E-state index contributed by atoms with van der Waals surface area (Å²) in [5, 5.41) is 39.5. The van der Waals surface area contributed by atoms with Crippen molar-refractivity contribution in [2.75, 3.05) is 13.6 Å². The highest BCUT2D eigenvalue weighted by Gasteiger charge is 2.53. The molecule has 0 amide bonds. The summed E-state index contributed by atoms with van der Waals surface area (Å²) in [5.41, 5.74) is 2.76. The maximum atomic E-state index is 11.4. The largest absolute Gasteiger partial charge is 0.479 e. The molecule has 0 radical (unpaired) electrons. The van der Waals surface area contributed by atoms with Gasteiger partial charge < -0.3 is 34.8 Å². The first-order valence-corrected chi connectivity index (χ1v) is 11.2. The summed E-state index contributed by atoms with van der Waals surface area (Å²) in [7, 11) is 2.23. The van der Waals surface area contributed by atoms with E-state index in [1.807, 2.05) is 12.1 Å². The van der Waals surface area contributed by atoms with E-state index in [4.69, 9.17) is 9.47 Å². The SMILES string of the molecule is CN1CC[C@]23CCCC[C@H]2[C@H]1Cc1ccc(O[C@@H]2O[C@H](C(=O)O)[C@@H](O)[C@H](O)[C@H]2O)cc13. The second-order valence-corrected chi connectivity index (χ2v) is 9.68. The molecule has 5 rings (SSSR count). The number of likely N-dealkylation sites (N-methyl/N-ethyl adjacent to an activating group) is 1. The van der Waals surface area contributed by atoms with Crippen LogP contribution < -0.4 is 4.74 Å². The molecule has 1 saturated carbocycles. The average molecular weight is 434 g/mol. The number of aliphatic hydroxyl groups is 3. The number of likely N-dealkylation sites (tertiary alicyclic amines) is 1. The van der Waals surface area contributed by atoms with Crippen LogP contribution in [0, 0.1) is 5.92 Å². The van der Waals surface area contributed by atoms with Crippen molar-refractivity contribution < 1.29 is 34.7 Å². The highest BCUT2D eigenvalue weighted by molar-refractivity contribution is 5.73. The molecule has 2 saturated heterocycles. The highest BCUT2D eigenvalue weighted by Crippen LogP contribution is 2.56. The number of carbonyl (C=O) groups is 1. The van der Waals surface area contributed by atoms with Crippen molar-refractivity contribution in [3.8, 4) is 5.75 Å². The van der Waals surface area contributed by atoms with Gasteiger partial charge in [0.1, 0.15) is 24.1 Å². The normalized spacial score (nSPS) is 42.4. The van der Waals surface area contributed by atoms with Crippen LogP contribution in [0.1, 0.15) is 43.2 Å². The topological polar surface area (TPSA) is 120 Å². The number of ether oxygens (including phenoxy) is 2. The fourth-order valence-corrected chi connectivity index (χ4v) is 6.53. The molecule has 4 N–H and O–H groups in total. The Labute approximate surface area is 181 Å². The maximum Gasteiger partial charge on any atom is 0.335 e. The highest BCUT2D eigenvalue weighted by atomic mass is 16.7. The molecular formula is C23H31NO7. The van der Waals surface area contributed by atoms with Crippen molar-refractivity contribution in [3.63, 3.8) is 0 Å². The standard InChI is InChI=1S/C23H31NO7/c1-24-9-8-23-7-3-2-4-14(23)16(24)10-12-5-6-13(11-15(12)23)30-22-19(27)17(25)18(26)20(31-22)21(28)29/h5-6,11,14,16-20,22,25-27H,2-4,7-10H2,1H3,(H,28,29)/t14-,16+,17-,18-,19+,20-,22+,23+/m0/s1. The summed E-state index contributed by atoms with van der Waals surface area (Å²) in [6, 6.07) is 6.47. The molecule has 8 atom stereocenters. The Hall–Kier alpha value is -1.71. The summed E-state index contributed by atoms with van der Waals surface area (Å²) < 4.78 is 11.2. The zero-order chi connectivity index (χ0) is 21.9. The van der Waals surface area contributed by atoms with Gasteiger partial charge >= 0.3 is 5.97 Å². The van der Waals surface area contributed by atoms with Crippen LogP contribution in [0.25, 0.3) is 0 Å². The lowest BCUT2D eigenvalue weighted by molar-refractivity contribution is -0.271. The molecule has 2 bridgehead atoms. The first-order chi connectivity index (χ1) is 14.8. The number of rotatable bonds is 3. The predicted molar refractivity (Wildman–Crippen MR) is 110 cm³/mol. The van der Waals surface area contributed by atoms with E-state index in [9.17, 15) is 25.2 Å². The second kappa shape index (κ2) is 7.71. The van der Waals surface area contributed by atoms with Gasteiger partial charge in [-0.15, -0.1) is 0 Å². The van der Waals surface area contributed by atoms with Crippen LogP contribution in [0.3, 0.4) is 0 Å². The van der Waals surface area contributed by atoms with Gasteiger partial charge in [-0.3, -0.25) is 0 Å². The predicted octanol–water partition coefficient (Wildman–Crippen LogP) is 0.646. The fraction of sp³-hybridized carbons (Fsp3) is 0.696. The minimum absolute atomic E-state index is 0.133. The van der Waals surface area contributed by atoms with Gasteiger partial charge in [-0.05, 0) is 68.5 Å². The van der Waals surface area contributed by atoms with Crippen LogP contribution in [-0.2, 0) is 21.4 Å². The van der Waals surface area contributed by atoms with Crippen molar-refractivity contribution in [1.29, 1.82) is 0 Å². The number of carboxylic acid groups (broad SMARTS) is 1. The molecule has 3 fully saturated rings. The van der Waals surface area contributed by atoms with Crippen LogP contribution in [0.4, 0.5) is 0 Å². The van der Waals surface area contributed by atoms with Gasteiger partial charge in [-0.2, -0.15) is 0 Å². The monoisotopic (exact) mass is 433 g/mol. The van der Waals surface area contributed by atoms with Crippen LogP contribution in [0.15, 0.2) is 18.2 Å². The lowest BCUT2D eigenvalue weighted by Crippen LogP contribution is -2.61. The lowest BCUT2D eigenvalue weighted by Gasteiger charge is -2.58. The number of aliphatic carboxylic acids is 1. The zero-order valence-electron chi connectivity index (χ0n) is 17.7. The van der Waals surface area contributed by atoms with Crippen LogP contribution in [0.5, 0.6) is 5.75 Å². The molecule has 0 unspecified atom stereocenters. The molecule has 8 nitrogen and oxygen atoms in total. The van der Waals surface area contributed by atoms with Crippen LogP contribution in [0.2, 0.25) is 0 Å². The smallest absolute Gasteiger partial charge is 0.335 e. The van der Waals surface area contributed by atoms with E-state index >= 15 is 0 Å². The van der Waals surface area contributed by atoms with Gasteiger partial charge in [-0.25, -0.2) is 4.79 Å². The third-order valence-corrected chi connectivity index (χ3v) is 8.15. The number of aliphatic hydroxyl groups excluding tert-OH is 3. The lowest BCUT2D eigenvalue weighted by atomic mass is 9.52. The fourth-order valence-electron chi connectivity index (χ4n) is 6.53. The maximum absolute atomic E-state index is 11.4. The Morgan fingerprint density at radius 1 is 1.16 bits per heavy atom. The first-order valence-electron chi connectivity index (χ1n) is 11.2. The van der Waals surface area contributed by atoms with Gasteiger partial charge in [-0.1, -0.05) is 18.9 Å². The Kier molecular flexibility index (Phi) is 5.26. The van der Waals surface area contributed by atoms with E-state index in [0.717, 1.165) is 25.8 Å². The molecule has 1 aromatic rings. The van der Waals surface area contributed by atoms with E-state index in [0.29, 0.717) is 17.7 Å². The summed E-state index contributed by atoms with van der Waals surface area (Å²) in [5.74, 6) is -0.321. The van der Waals surface area contributed by atoms with Crippen molar-refractivity contribution in [3.05, 3.63) is 29.3 Å².